The largest absolute Gasteiger partial charge is 0.488 e. The molecule has 2 amide bonds. The lowest BCUT2D eigenvalue weighted by molar-refractivity contribution is -0.118. The number of rotatable bonds is 4. The first-order chi connectivity index (χ1) is 14.0. The Kier molecular flexibility index (Phi) is 4.83. The standard InChI is InChI=1S/C19H17F2N5O3/c1-2-4-11-5-3-6-15-23-17(25-26(11)15)19(28)22-13-9-29-14-8-10(20)7-12(21)16(14)24-18(13)27/h3,5-8,13H,2,4,9H2,1H3,(H,22,28)(H,24,27). The smallest absolute Gasteiger partial charge is 0.291 e. The molecule has 2 N–H and O–H groups in total. The first-order valence-electron chi connectivity index (χ1n) is 9.04. The van der Waals surface area contributed by atoms with Crippen molar-refractivity contribution in [1.82, 2.24) is 19.9 Å². The van der Waals surface area contributed by atoms with E-state index in [9.17, 15) is 18.4 Å². The fourth-order valence-electron chi connectivity index (χ4n) is 3.08. The summed E-state index contributed by atoms with van der Waals surface area (Å²) in [5, 5.41) is 9.01. The average molecular weight is 401 g/mol. The summed E-state index contributed by atoms with van der Waals surface area (Å²) in [6.07, 6.45) is 1.67. The number of fused-ring (bicyclic) bond motifs is 2. The molecule has 29 heavy (non-hydrogen) atoms. The van der Waals surface area contributed by atoms with Crippen molar-refractivity contribution in [2.75, 3.05) is 11.9 Å². The molecule has 0 spiro atoms. The van der Waals surface area contributed by atoms with Gasteiger partial charge in [-0.25, -0.2) is 18.3 Å². The van der Waals surface area contributed by atoms with Crippen LogP contribution in [0.2, 0.25) is 0 Å². The lowest BCUT2D eigenvalue weighted by Gasteiger charge is -2.13. The van der Waals surface area contributed by atoms with Crippen molar-refractivity contribution in [3.05, 3.63) is 53.5 Å². The number of benzene rings is 1. The Morgan fingerprint density at radius 1 is 1.38 bits per heavy atom. The number of pyridine rings is 1. The number of aryl methyl sites for hydroxylation is 1. The Morgan fingerprint density at radius 3 is 3.00 bits per heavy atom. The Balaban J connectivity index is 1.54. The summed E-state index contributed by atoms with van der Waals surface area (Å²) in [4.78, 5) is 29.2. The van der Waals surface area contributed by atoms with Crippen molar-refractivity contribution in [3.63, 3.8) is 0 Å². The van der Waals surface area contributed by atoms with E-state index in [-0.39, 0.29) is 23.9 Å². The minimum Gasteiger partial charge on any atom is -0.488 e. The summed E-state index contributed by atoms with van der Waals surface area (Å²) >= 11 is 0. The van der Waals surface area contributed by atoms with Gasteiger partial charge in [-0.3, -0.25) is 9.59 Å². The summed E-state index contributed by atoms with van der Waals surface area (Å²) in [6.45, 7) is 1.72. The van der Waals surface area contributed by atoms with Gasteiger partial charge in [-0.2, -0.15) is 0 Å². The Bertz CT molecular complexity index is 1110. The van der Waals surface area contributed by atoms with Crippen LogP contribution in [0, 0.1) is 11.6 Å². The minimum atomic E-state index is -1.14. The molecule has 0 bridgehead atoms. The number of anilines is 1. The van der Waals surface area contributed by atoms with Crippen LogP contribution in [0.5, 0.6) is 5.75 Å². The minimum absolute atomic E-state index is 0.111. The predicted molar refractivity (Wildman–Crippen MR) is 98.7 cm³/mol. The van der Waals surface area contributed by atoms with Gasteiger partial charge in [0.15, 0.2) is 11.5 Å². The molecule has 1 aliphatic rings. The summed E-state index contributed by atoms with van der Waals surface area (Å²) in [7, 11) is 0. The van der Waals surface area contributed by atoms with Crippen molar-refractivity contribution in [2.24, 2.45) is 0 Å². The molecule has 0 fully saturated rings. The van der Waals surface area contributed by atoms with Gasteiger partial charge in [0.25, 0.3) is 11.8 Å². The van der Waals surface area contributed by atoms with Crippen molar-refractivity contribution in [1.29, 1.82) is 0 Å². The molecule has 0 radical (unpaired) electrons. The fourth-order valence-corrected chi connectivity index (χ4v) is 3.08. The zero-order valence-electron chi connectivity index (χ0n) is 15.4. The van der Waals surface area contributed by atoms with E-state index in [1.807, 2.05) is 19.1 Å². The van der Waals surface area contributed by atoms with Crippen molar-refractivity contribution in [3.8, 4) is 5.75 Å². The van der Waals surface area contributed by atoms with Gasteiger partial charge in [0.1, 0.15) is 29.9 Å². The van der Waals surface area contributed by atoms with Gasteiger partial charge >= 0.3 is 0 Å². The highest BCUT2D eigenvalue weighted by Gasteiger charge is 2.29. The molecule has 1 atom stereocenters. The zero-order chi connectivity index (χ0) is 20.5. The van der Waals surface area contributed by atoms with Gasteiger partial charge in [0.05, 0.1) is 0 Å². The molecule has 10 heteroatoms. The van der Waals surface area contributed by atoms with Crippen LogP contribution < -0.4 is 15.4 Å². The molecule has 0 saturated carbocycles. The lowest BCUT2D eigenvalue weighted by Crippen LogP contribution is -2.46. The van der Waals surface area contributed by atoms with Crippen LogP contribution in [0.3, 0.4) is 0 Å². The molecule has 0 aliphatic carbocycles. The second-order valence-corrected chi connectivity index (χ2v) is 6.56. The molecule has 150 valence electrons. The number of amides is 2. The third-order valence-corrected chi connectivity index (χ3v) is 4.44. The molecule has 4 rings (SSSR count). The van der Waals surface area contributed by atoms with Gasteiger partial charge in [0, 0.05) is 17.8 Å². The molecule has 8 nitrogen and oxygen atoms in total. The first-order valence-corrected chi connectivity index (χ1v) is 9.04. The van der Waals surface area contributed by atoms with E-state index in [0.717, 1.165) is 24.6 Å². The summed E-state index contributed by atoms with van der Waals surface area (Å²) in [5.41, 5.74) is 1.14. The SMILES string of the molecule is CCCc1cccc2nc(C(=O)NC3COc4cc(F)cc(F)c4NC3=O)nn12. The summed E-state index contributed by atoms with van der Waals surface area (Å²) in [6, 6.07) is 5.90. The Labute approximate surface area is 163 Å². The molecule has 1 aromatic carbocycles. The van der Waals surface area contributed by atoms with Crippen LogP contribution >= 0.6 is 0 Å². The van der Waals surface area contributed by atoms with Crippen LogP contribution in [0.25, 0.3) is 5.65 Å². The Morgan fingerprint density at radius 2 is 2.21 bits per heavy atom. The zero-order valence-corrected chi connectivity index (χ0v) is 15.4. The molecule has 1 aliphatic heterocycles. The van der Waals surface area contributed by atoms with Crippen LogP contribution in [0.1, 0.15) is 29.7 Å². The van der Waals surface area contributed by atoms with E-state index in [0.29, 0.717) is 11.7 Å². The van der Waals surface area contributed by atoms with E-state index in [2.05, 4.69) is 20.7 Å². The van der Waals surface area contributed by atoms with Crippen LogP contribution in [0.4, 0.5) is 14.5 Å². The predicted octanol–water partition coefficient (Wildman–Crippen LogP) is 2.09. The number of hydrogen-bond donors (Lipinski definition) is 2. The third kappa shape index (κ3) is 3.60. The molecular weight excluding hydrogens is 384 g/mol. The van der Waals surface area contributed by atoms with E-state index in [1.165, 1.54) is 0 Å². The van der Waals surface area contributed by atoms with Crippen LogP contribution in [-0.4, -0.2) is 39.1 Å². The van der Waals surface area contributed by atoms with Crippen LogP contribution in [-0.2, 0) is 11.2 Å². The monoisotopic (exact) mass is 401 g/mol. The van der Waals surface area contributed by atoms with E-state index in [1.54, 1.807) is 10.6 Å². The highest BCUT2D eigenvalue weighted by Crippen LogP contribution is 2.31. The van der Waals surface area contributed by atoms with Gasteiger partial charge in [0.2, 0.25) is 5.82 Å². The fraction of sp³-hybridized carbons (Fsp3) is 0.263. The van der Waals surface area contributed by atoms with Gasteiger partial charge in [-0.05, 0) is 18.6 Å². The maximum Gasteiger partial charge on any atom is 0.291 e. The summed E-state index contributed by atoms with van der Waals surface area (Å²) in [5.74, 6) is -3.45. The first kappa shape index (κ1) is 18.8. The van der Waals surface area contributed by atoms with Gasteiger partial charge in [-0.15, -0.1) is 5.10 Å². The number of aromatic nitrogens is 3. The van der Waals surface area contributed by atoms with Crippen LogP contribution in [0.15, 0.2) is 30.3 Å². The maximum atomic E-state index is 13.9. The molecule has 1 unspecified atom stereocenters. The van der Waals surface area contributed by atoms with E-state index >= 15 is 0 Å². The van der Waals surface area contributed by atoms with Crippen molar-refractivity contribution >= 4 is 23.1 Å². The van der Waals surface area contributed by atoms with Crippen molar-refractivity contribution < 1.29 is 23.1 Å². The van der Waals surface area contributed by atoms with Gasteiger partial charge < -0.3 is 15.4 Å². The molecule has 0 saturated heterocycles. The molecule has 2 aromatic heterocycles. The number of carbonyl (C=O) groups excluding carboxylic acids is 2. The van der Waals surface area contributed by atoms with E-state index in [4.69, 9.17) is 4.74 Å². The van der Waals surface area contributed by atoms with E-state index < -0.39 is 29.5 Å². The normalized spacial score (nSPS) is 16.0. The maximum absolute atomic E-state index is 13.9. The highest BCUT2D eigenvalue weighted by molar-refractivity contribution is 6.01. The quantitative estimate of drug-likeness (QED) is 0.698. The number of hydrogen-bond acceptors (Lipinski definition) is 5. The topological polar surface area (TPSA) is 97.6 Å². The second kappa shape index (κ2) is 7.46. The average Bonchev–Trinajstić information content (AvgIpc) is 3.06. The van der Waals surface area contributed by atoms with Gasteiger partial charge in [-0.1, -0.05) is 19.4 Å². The molecule has 3 heterocycles. The number of nitrogens with one attached hydrogen (secondary N) is 2. The number of carbonyl (C=O) groups is 2. The van der Waals surface area contributed by atoms with Crippen molar-refractivity contribution in [2.45, 2.75) is 25.8 Å². The summed E-state index contributed by atoms with van der Waals surface area (Å²) < 4.78 is 34.2. The second-order valence-electron chi connectivity index (χ2n) is 6.56. The Hall–Kier alpha value is -3.56. The number of ether oxygens (including phenoxy) is 1. The number of nitrogens with zero attached hydrogens (tertiary/aromatic N) is 3. The lowest BCUT2D eigenvalue weighted by atomic mass is 10.2. The molecular formula is C19H17F2N5O3. The highest BCUT2D eigenvalue weighted by atomic mass is 19.1. The molecule has 3 aromatic rings. The third-order valence-electron chi connectivity index (χ3n) is 4.44. The number of halogens is 2.